The summed E-state index contributed by atoms with van der Waals surface area (Å²) in [4.78, 5) is 3.90. The van der Waals surface area contributed by atoms with Crippen molar-refractivity contribution in [2.45, 2.75) is 6.61 Å². The Morgan fingerprint density at radius 1 is 1.12 bits per heavy atom. The van der Waals surface area contributed by atoms with Crippen LogP contribution in [-0.2, 0) is 6.61 Å². The van der Waals surface area contributed by atoms with Gasteiger partial charge in [-0.05, 0) is 29.8 Å². The van der Waals surface area contributed by atoms with E-state index in [1.807, 2.05) is 6.07 Å². The van der Waals surface area contributed by atoms with Crippen molar-refractivity contribution in [1.29, 1.82) is 5.26 Å². The first kappa shape index (κ1) is 11.1. The number of ether oxygens (including phenoxy) is 1. The van der Waals surface area contributed by atoms with Crippen LogP contribution in [0, 0.1) is 11.3 Å². The fraction of sp³-hybridized carbons (Fsp3) is 0.0769. The first-order valence-electron chi connectivity index (χ1n) is 5.05. The molecule has 84 valence electrons. The van der Waals surface area contributed by atoms with Gasteiger partial charge in [-0.25, -0.2) is 4.98 Å². The molecule has 0 aliphatic rings. The summed E-state index contributed by atoms with van der Waals surface area (Å²) in [5.74, 6) is 1.23. The normalized spacial score (nSPS) is 9.65. The lowest BCUT2D eigenvalue weighted by Gasteiger charge is -2.05. The molecular weight excluding hydrogens is 216 g/mol. The van der Waals surface area contributed by atoms with Crippen molar-refractivity contribution in [2.24, 2.45) is 0 Å². The van der Waals surface area contributed by atoms with Gasteiger partial charge in [0, 0.05) is 0 Å². The zero-order chi connectivity index (χ0) is 12.1. The third-order valence-corrected chi connectivity index (χ3v) is 2.19. The number of aromatic nitrogens is 1. The number of aliphatic hydroxyl groups excluding tert-OH is 1. The summed E-state index contributed by atoms with van der Waals surface area (Å²) in [7, 11) is 0. The van der Waals surface area contributed by atoms with Gasteiger partial charge in [0.15, 0.2) is 0 Å². The first-order chi connectivity index (χ1) is 8.31. The summed E-state index contributed by atoms with van der Waals surface area (Å²) >= 11 is 0. The van der Waals surface area contributed by atoms with E-state index in [0.717, 1.165) is 5.56 Å². The fourth-order valence-electron chi connectivity index (χ4n) is 1.31. The van der Waals surface area contributed by atoms with Gasteiger partial charge in [-0.3, -0.25) is 0 Å². The number of hydrogen-bond acceptors (Lipinski definition) is 4. The summed E-state index contributed by atoms with van der Waals surface area (Å²) in [5, 5.41) is 17.5. The lowest BCUT2D eigenvalue weighted by Crippen LogP contribution is -1.88. The van der Waals surface area contributed by atoms with E-state index in [2.05, 4.69) is 4.98 Å². The van der Waals surface area contributed by atoms with Crippen LogP contribution in [0.5, 0.6) is 11.5 Å². The second-order valence-corrected chi connectivity index (χ2v) is 3.40. The highest BCUT2D eigenvalue weighted by Gasteiger charge is 1.98. The molecule has 0 bridgehead atoms. The van der Waals surface area contributed by atoms with E-state index in [9.17, 15) is 0 Å². The molecular formula is C13H10N2O2. The maximum absolute atomic E-state index is 8.89. The highest BCUT2D eigenvalue weighted by atomic mass is 16.5. The van der Waals surface area contributed by atoms with Crippen LogP contribution >= 0.6 is 0 Å². The highest BCUT2D eigenvalue weighted by Crippen LogP contribution is 2.20. The Kier molecular flexibility index (Phi) is 3.34. The molecule has 17 heavy (non-hydrogen) atoms. The van der Waals surface area contributed by atoms with Crippen LogP contribution in [-0.4, -0.2) is 10.1 Å². The van der Waals surface area contributed by atoms with Gasteiger partial charge in [-0.1, -0.05) is 12.1 Å². The Hall–Kier alpha value is -2.38. The molecule has 0 amide bonds. The van der Waals surface area contributed by atoms with Crippen LogP contribution in [0.2, 0.25) is 0 Å². The molecule has 0 aliphatic heterocycles. The average molecular weight is 226 g/mol. The number of benzene rings is 1. The Bertz CT molecular complexity index is 527. The molecule has 0 fully saturated rings. The van der Waals surface area contributed by atoms with Gasteiger partial charge in [-0.15, -0.1) is 0 Å². The standard InChI is InChI=1S/C13H10N2O2/c14-7-11-3-6-13(8-15-11)17-12-4-1-10(9-16)2-5-12/h1-6,8,16H,9H2. The van der Waals surface area contributed by atoms with Crippen LogP contribution in [0.25, 0.3) is 0 Å². The zero-order valence-electron chi connectivity index (χ0n) is 9.00. The van der Waals surface area contributed by atoms with E-state index in [1.165, 1.54) is 6.20 Å². The van der Waals surface area contributed by atoms with Crippen LogP contribution < -0.4 is 4.74 Å². The quantitative estimate of drug-likeness (QED) is 0.871. The largest absolute Gasteiger partial charge is 0.456 e. The SMILES string of the molecule is N#Cc1ccc(Oc2ccc(CO)cc2)cn1. The molecule has 0 unspecified atom stereocenters. The molecule has 1 heterocycles. The van der Waals surface area contributed by atoms with Crippen LogP contribution in [0.1, 0.15) is 11.3 Å². The number of nitrogens with zero attached hydrogens (tertiary/aromatic N) is 2. The van der Waals surface area contributed by atoms with Gasteiger partial charge in [0.25, 0.3) is 0 Å². The summed E-state index contributed by atoms with van der Waals surface area (Å²) in [6.07, 6.45) is 1.50. The Morgan fingerprint density at radius 2 is 1.82 bits per heavy atom. The second-order valence-electron chi connectivity index (χ2n) is 3.40. The average Bonchev–Trinajstić information content (AvgIpc) is 2.40. The molecule has 0 spiro atoms. The summed E-state index contributed by atoms with van der Waals surface area (Å²) in [5.41, 5.74) is 1.18. The van der Waals surface area contributed by atoms with E-state index < -0.39 is 0 Å². The van der Waals surface area contributed by atoms with Gasteiger partial charge in [0.1, 0.15) is 23.3 Å². The van der Waals surface area contributed by atoms with Crippen molar-refractivity contribution in [2.75, 3.05) is 0 Å². The Labute approximate surface area is 98.7 Å². The predicted molar refractivity (Wildman–Crippen MR) is 61.4 cm³/mol. The van der Waals surface area contributed by atoms with Crippen molar-refractivity contribution in [3.63, 3.8) is 0 Å². The summed E-state index contributed by atoms with van der Waals surface area (Å²) in [6.45, 7) is 0.0126. The molecule has 4 heteroatoms. The predicted octanol–water partition coefficient (Wildman–Crippen LogP) is 2.24. The van der Waals surface area contributed by atoms with Crippen molar-refractivity contribution >= 4 is 0 Å². The minimum absolute atomic E-state index is 0.0126. The molecule has 0 saturated heterocycles. The maximum Gasteiger partial charge on any atom is 0.145 e. The van der Waals surface area contributed by atoms with Gasteiger partial charge in [0.2, 0.25) is 0 Å². The Morgan fingerprint density at radius 3 is 2.35 bits per heavy atom. The number of nitriles is 1. The number of aliphatic hydroxyl groups is 1. The van der Waals surface area contributed by atoms with Gasteiger partial charge in [-0.2, -0.15) is 5.26 Å². The fourth-order valence-corrected chi connectivity index (χ4v) is 1.31. The van der Waals surface area contributed by atoms with E-state index >= 15 is 0 Å². The number of pyridine rings is 1. The van der Waals surface area contributed by atoms with Crippen molar-refractivity contribution < 1.29 is 9.84 Å². The van der Waals surface area contributed by atoms with Crippen LogP contribution in [0.4, 0.5) is 0 Å². The molecule has 1 aromatic carbocycles. The van der Waals surface area contributed by atoms with Crippen LogP contribution in [0.15, 0.2) is 42.6 Å². The van der Waals surface area contributed by atoms with Crippen molar-refractivity contribution in [1.82, 2.24) is 4.98 Å². The highest BCUT2D eigenvalue weighted by molar-refractivity contribution is 5.33. The van der Waals surface area contributed by atoms with E-state index in [-0.39, 0.29) is 6.61 Å². The molecule has 4 nitrogen and oxygen atoms in total. The van der Waals surface area contributed by atoms with Crippen LogP contribution in [0.3, 0.4) is 0 Å². The molecule has 0 atom stereocenters. The van der Waals surface area contributed by atoms with Crippen molar-refractivity contribution in [3.05, 3.63) is 53.9 Å². The third kappa shape index (κ3) is 2.80. The smallest absolute Gasteiger partial charge is 0.145 e. The lowest BCUT2D eigenvalue weighted by atomic mass is 10.2. The molecule has 1 N–H and O–H groups in total. The van der Waals surface area contributed by atoms with E-state index in [0.29, 0.717) is 17.2 Å². The molecule has 0 aliphatic carbocycles. The van der Waals surface area contributed by atoms with E-state index in [1.54, 1.807) is 36.4 Å². The topological polar surface area (TPSA) is 66.1 Å². The monoisotopic (exact) mass is 226 g/mol. The minimum Gasteiger partial charge on any atom is -0.456 e. The molecule has 1 aromatic heterocycles. The van der Waals surface area contributed by atoms with Gasteiger partial charge >= 0.3 is 0 Å². The second kappa shape index (κ2) is 5.10. The molecule has 0 saturated carbocycles. The first-order valence-corrected chi connectivity index (χ1v) is 5.05. The molecule has 0 radical (unpaired) electrons. The maximum atomic E-state index is 8.89. The number of hydrogen-bond donors (Lipinski definition) is 1. The molecule has 2 rings (SSSR count). The molecule has 2 aromatic rings. The Balaban J connectivity index is 2.11. The summed E-state index contributed by atoms with van der Waals surface area (Å²) < 4.78 is 5.52. The third-order valence-electron chi connectivity index (χ3n) is 2.19. The number of rotatable bonds is 3. The van der Waals surface area contributed by atoms with Gasteiger partial charge < -0.3 is 9.84 Å². The van der Waals surface area contributed by atoms with Crippen molar-refractivity contribution in [3.8, 4) is 17.6 Å². The zero-order valence-corrected chi connectivity index (χ0v) is 9.00. The van der Waals surface area contributed by atoms with E-state index in [4.69, 9.17) is 15.1 Å². The van der Waals surface area contributed by atoms with Gasteiger partial charge in [0.05, 0.1) is 12.8 Å². The minimum atomic E-state index is 0.0126. The lowest BCUT2D eigenvalue weighted by molar-refractivity contribution is 0.281. The summed E-state index contributed by atoms with van der Waals surface area (Å²) in [6, 6.07) is 12.3.